The van der Waals surface area contributed by atoms with Gasteiger partial charge in [-0.1, -0.05) is 23.8 Å². The number of nitrogens with zero attached hydrogens (tertiary/aromatic N) is 1. The van der Waals surface area contributed by atoms with E-state index in [1.807, 2.05) is 32.0 Å². The van der Waals surface area contributed by atoms with Crippen LogP contribution in [0.5, 0.6) is 0 Å². The third-order valence-corrected chi connectivity index (χ3v) is 2.54. The maximum Gasteiger partial charge on any atom is 0.343 e. The van der Waals surface area contributed by atoms with Gasteiger partial charge in [0.05, 0.1) is 0 Å². The third-order valence-electron chi connectivity index (χ3n) is 2.54. The predicted octanol–water partition coefficient (Wildman–Crippen LogP) is 1.42. The van der Waals surface area contributed by atoms with Crippen LogP contribution in [0.1, 0.15) is 22.7 Å². The average Bonchev–Trinajstić information content (AvgIpc) is 2.50. The summed E-state index contributed by atoms with van der Waals surface area (Å²) in [6.45, 7) is 4.00. The first kappa shape index (κ1) is 9.71. The van der Waals surface area contributed by atoms with Crippen LogP contribution in [0.2, 0.25) is 0 Å². The number of rotatable bonds is 1. The summed E-state index contributed by atoms with van der Waals surface area (Å²) >= 11 is 0. The van der Waals surface area contributed by atoms with Crippen LogP contribution < -0.4 is 11.1 Å². The molecule has 0 spiro atoms. The number of hydrogen-bond donors (Lipinski definition) is 2. The van der Waals surface area contributed by atoms with E-state index in [0.717, 1.165) is 16.7 Å². The fourth-order valence-corrected chi connectivity index (χ4v) is 1.72. The molecule has 0 aliphatic carbocycles. The maximum absolute atomic E-state index is 11.1. The first-order chi connectivity index (χ1) is 7.08. The van der Waals surface area contributed by atoms with E-state index in [2.05, 4.69) is 10.3 Å². The van der Waals surface area contributed by atoms with Gasteiger partial charge in [-0.15, -0.1) is 0 Å². The zero-order valence-electron chi connectivity index (χ0n) is 8.74. The molecule has 1 atom stereocenters. The smallest absolute Gasteiger partial charge is 0.343 e. The summed E-state index contributed by atoms with van der Waals surface area (Å²) in [5, 5.41) is 2.72. The van der Waals surface area contributed by atoms with Gasteiger partial charge in [0, 0.05) is 0 Å². The number of nitrogens with one attached hydrogen (secondary N) is 1. The molecule has 1 unspecified atom stereocenters. The summed E-state index contributed by atoms with van der Waals surface area (Å²) in [5.74, 6) is 0.341. The van der Waals surface area contributed by atoms with Crippen molar-refractivity contribution < 1.29 is 4.79 Å². The van der Waals surface area contributed by atoms with Crippen molar-refractivity contribution in [3.05, 3.63) is 34.9 Å². The second-order valence-corrected chi connectivity index (χ2v) is 3.78. The lowest BCUT2D eigenvalue weighted by Crippen LogP contribution is -2.28. The molecule has 15 heavy (non-hydrogen) atoms. The van der Waals surface area contributed by atoms with Gasteiger partial charge in [-0.05, 0) is 25.0 Å². The van der Waals surface area contributed by atoms with E-state index in [4.69, 9.17) is 5.73 Å². The van der Waals surface area contributed by atoms with Crippen molar-refractivity contribution in [2.24, 2.45) is 10.7 Å². The standard InChI is InChI=1S/C11H13N3O/c1-6-3-4-7(2)8(5-6)9-10(12)14-11(15)13-9/h3-5,9H,1-2H3,(H3,12,13,14,15). The number of hydrogen-bond acceptors (Lipinski definition) is 2. The van der Waals surface area contributed by atoms with E-state index >= 15 is 0 Å². The molecular formula is C11H13N3O. The van der Waals surface area contributed by atoms with E-state index < -0.39 is 0 Å². The van der Waals surface area contributed by atoms with Gasteiger partial charge < -0.3 is 11.1 Å². The molecule has 1 aromatic rings. The zero-order valence-corrected chi connectivity index (χ0v) is 8.74. The molecular weight excluding hydrogens is 190 g/mol. The Morgan fingerprint density at radius 3 is 2.73 bits per heavy atom. The number of aliphatic imine (C=N–C) groups is 1. The van der Waals surface area contributed by atoms with Crippen LogP contribution >= 0.6 is 0 Å². The Morgan fingerprint density at radius 1 is 1.40 bits per heavy atom. The summed E-state index contributed by atoms with van der Waals surface area (Å²) in [4.78, 5) is 14.7. The third kappa shape index (κ3) is 1.70. The molecule has 0 saturated carbocycles. The van der Waals surface area contributed by atoms with E-state index in [9.17, 15) is 4.79 Å². The van der Waals surface area contributed by atoms with E-state index in [0.29, 0.717) is 5.84 Å². The highest BCUT2D eigenvalue weighted by Crippen LogP contribution is 2.22. The van der Waals surface area contributed by atoms with Crippen LogP contribution in [0.15, 0.2) is 23.2 Å². The molecule has 0 aromatic heterocycles. The van der Waals surface area contributed by atoms with Crippen molar-refractivity contribution in [3.8, 4) is 0 Å². The van der Waals surface area contributed by atoms with Gasteiger partial charge in [-0.25, -0.2) is 4.79 Å². The Labute approximate surface area is 88.2 Å². The Morgan fingerprint density at radius 2 is 2.13 bits per heavy atom. The number of carbonyl (C=O) groups is 1. The molecule has 2 rings (SSSR count). The molecule has 1 aromatic carbocycles. The van der Waals surface area contributed by atoms with Crippen molar-refractivity contribution >= 4 is 11.9 Å². The van der Waals surface area contributed by atoms with Gasteiger partial charge in [-0.3, -0.25) is 0 Å². The summed E-state index contributed by atoms with van der Waals surface area (Å²) < 4.78 is 0. The Hall–Kier alpha value is -1.84. The van der Waals surface area contributed by atoms with Crippen molar-refractivity contribution in [1.82, 2.24) is 5.32 Å². The van der Waals surface area contributed by atoms with Crippen LogP contribution in [-0.2, 0) is 0 Å². The molecule has 78 valence electrons. The van der Waals surface area contributed by atoms with Gasteiger partial charge in [-0.2, -0.15) is 4.99 Å². The average molecular weight is 203 g/mol. The van der Waals surface area contributed by atoms with Crippen molar-refractivity contribution in [2.75, 3.05) is 0 Å². The number of nitrogens with two attached hydrogens (primary N) is 1. The largest absolute Gasteiger partial charge is 0.385 e. The molecule has 4 heteroatoms. The van der Waals surface area contributed by atoms with Crippen LogP contribution in [0.25, 0.3) is 0 Å². The van der Waals surface area contributed by atoms with Crippen molar-refractivity contribution in [3.63, 3.8) is 0 Å². The lowest BCUT2D eigenvalue weighted by atomic mass is 9.99. The number of benzene rings is 1. The van der Waals surface area contributed by atoms with Crippen LogP contribution in [0.3, 0.4) is 0 Å². The molecule has 0 bridgehead atoms. The van der Waals surface area contributed by atoms with E-state index in [1.165, 1.54) is 0 Å². The molecule has 0 fully saturated rings. The van der Waals surface area contributed by atoms with Crippen molar-refractivity contribution in [1.29, 1.82) is 0 Å². The SMILES string of the molecule is Cc1ccc(C)c(C2NC(=O)N=C2N)c1. The molecule has 1 aliphatic rings. The fraction of sp³-hybridized carbons (Fsp3) is 0.273. The van der Waals surface area contributed by atoms with Crippen LogP contribution in [-0.4, -0.2) is 11.9 Å². The normalized spacial score (nSPS) is 20.0. The predicted molar refractivity (Wildman–Crippen MR) is 58.8 cm³/mol. The van der Waals surface area contributed by atoms with E-state index in [-0.39, 0.29) is 12.1 Å². The number of urea groups is 1. The summed E-state index contributed by atoms with van der Waals surface area (Å²) in [5.41, 5.74) is 8.95. The topological polar surface area (TPSA) is 67.5 Å². The summed E-state index contributed by atoms with van der Waals surface area (Å²) in [6.07, 6.45) is 0. The van der Waals surface area contributed by atoms with Gasteiger partial charge >= 0.3 is 6.03 Å². The van der Waals surface area contributed by atoms with Gasteiger partial charge in [0.15, 0.2) is 0 Å². The molecule has 1 aliphatic heterocycles. The number of aryl methyl sites for hydroxylation is 2. The summed E-state index contributed by atoms with van der Waals surface area (Å²) in [7, 11) is 0. The molecule has 3 N–H and O–H groups in total. The molecule has 0 saturated heterocycles. The molecule has 0 radical (unpaired) electrons. The number of amides is 2. The summed E-state index contributed by atoms with van der Waals surface area (Å²) in [6, 6.07) is 5.44. The van der Waals surface area contributed by atoms with Crippen LogP contribution in [0.4, 0.5) is 4.79 Å². The molecule has 1 heterocycles. The lowest BCUT2D eigenvalue weighted by Gasteiger charge is -2.14. The Kier molecular flexibility index (Phi) is 2.19. The van der Waals surface area contributed by atoms with Gasteiger partial charge in [0.2, 0.25) is 0 Å². The first-order valence-corrected chi connectivity index (χ1v) is 4.79. The van der Waals surface area contributed by atoms with Gasteiger partial charge in [0.25, 0.3) is 0 Å². The van der Waals surface area contributed by atoms with E-state index in [1.54, 1.807) is 0 Å². The Balaban J connectivity index is 2.42. The monoisotopic (exact) mass is 203 g/mol. The highest BCUT2D eigenvalue weighted by Gasteiger charge is 2.26. The molecule has 2 amide bonds. The highest BCUT2D eigenvalue weighted by atomic mass is 16.2. The quantitative estimate of drug-likeness (QED) is 0.725. The zero-order chi connectivity index (χ0) is 11.0. The minimum atomic E-state index is -0.363. The number of carbonyl (C=O) groups excluding carboxylic acids is 1. The second kappa shape index (κ2) is 3.38. The lowest BCUT2D eigenvalue weighted by molar-refractivity contribution is 0.250. The second-order valence-electron chi connectivity index (χ2n) is 3.78. The highest BCUT2D eigenvalue weighted by molar-refractivity contribution is 6.03. The maximum atomic E-state index is 11.1. The fourth-order valence-electron chi connectivity index (χ4n) is 1.72. The molecule has 4 nitrogen and oxygen atoms in total. The Bertz CT molecular complexity index is 451. The van der Waals surface area contributed by atoms with Gasteiger partial charge in [0.1, 0.15) is 11.9 Å². The first-order valence-electron chi connectivity index (χ1n) is 4.79. The minimum Gasteiger partial charge on any atom is -0.385 e. The minimum absolute atomic E-state index is 0.266. The van der Waals surface area contributed by atoms with Crippen LogP contribution in [0, 0.1) is 13.8 Å². The van der Waals surface area contributed by atoms with Crippen molar-refractivity contribution in [2.45, 2.75) is 19.9 Å². The number of amidine groups is 1.